The molecule has 3 heterocycles. The second-order valence-corrected chi connectivity index (χ2v) is 10.8. The predicted octanol–water partition coefficient (Wildman–Crippen LogP) is -8.26. The normalized spacial score (nSPS) is 54.0. The van der Waals surface area contributed by atoms with E-state index < -0.39 is 110 Å². The standard InChI is InChI=1S/C22H44N6O12/c23-2-7-13(30)16(33)10(27)20(36-7)38-9-4-35-22(15(9)32)40-19-12(29)5(25)1-6(26)18(19)39-21-11(28)17(34)14(31)8(3-24)37-21/h5-22,29-34H,1-4,23-28H2/t5-,6?,7+,8?,9+,10-,11?,12?,13?,14-,15+,16?,17?,18-,19?,20?,21-,22+/m1/s1. The van der Waals surface area contributed by atoms with E-state index in [4.69, 9.17) is 62.8 Å². The Bertz CT molecular complexity index is 820. The monoisotopic (exact) mass is 584 g/mol. The van der Waals surface area contributed by atoms with Gasteiger partial charge in [-0.15, -0.1) is 0 Å². The lowest BCUT2D eigenvalue weighted by molar-refractivity contribution is -0.306. The first-order chi connectivity index (χ1) is 18.9. The number of nitrogens with two attached hydrogens (primary N) is 6. The van der Waals surface area contributed by atoms with Gasteiger partial charge in [0.05, 0.1) is 24.8 Å². The number of rotatable bonds is 8. The van der Waals surface area contributed by atoms with Gasteiger partial charge in [-0.3, -0.25) is 0 Å². The van der Waals surface area contributed by atoms with Crippen LogP contribution >= 0.6 is 0 Å². The van der Waals surface area contributed by atoms with Gasteiger partial charge in [-0.05, 0) is 6.42 Å². The summed E-state index contributed by atoms with van der Waals surface area (Å²) in [5.74, 6) is 0. The first-order valence-electron chi connectivity index (χ1n) is 13.3. The molecular formula is C22H44N6O12. The molecule has 0 aromatic heterocycles. The van der Waals surface area contributed by atoms with Gasteiger partial charge in [0.1, 0.15) is 61.0 Å². The molecule has 18 atom stereocenters. The SMILES string of the molecule is NCC1O[C@H](O[C@@H]2C(N)C[C@@H](N)C(O)C2O[C@@H]2OC[C@H](OC3O[C@@H](CN)C(O)C(O)[C@H]3N)[C@@H]2O)C(N)C(O)[C@@H]1O. The number of aliphatic hydroxyl groups excluding tert-OH is 6. The molecule has 40 heavy (non-hydrogen) atoms. The average Bonchev–Trinajstić information content (AvgIpc) is 3.27. The molecular weight excluding hydrogens is 540 g/mol. The second kappa shape index (κ2) is 13.3. The van der Waals surface area contributed by atoms with Crippen LogP contribution < -0.4 is 34.4 Å². The zero-order valence-corrected chi connectivity index (χ0v) is 21.8. The molecule has 0 amide bonds. The summed E-state index contributed by atoms with van der Waals surface area (Å²) in [5, 5.41) is 62.6. The van der Waals surface area contributed by atoms with E-state index in [0.717, 1.165) is 0 Å². The Morgan fingerprint density at radius 2 is 1.07 bits per heavy atom. The van der Waals surface area contributed by atoms with E-state index in [2.05, 4.69) is 0 Å². The van der Waals surface area contributed by atoms with Gasteiger partial charge < -0.3 is 93.5 Å². The molecule has 0 aromatic carbocycles. The molecule has 1 aliphatic carbocycles. The van der Waals surface area contributed by atoms with Gasteiger partial charge in [-0.25, -0.2) is 0 Å². The average molecular weight is 585 g/mol. The van der Waals surface area contributed by atoms with Gasteiger partial charge in [-0.2, -0.15) is 0 Å². The molecule has 18 heteroatoms. The first-order valence-corrected chi connectivity index (χ1v) is 13.3. The third kappa shape index (κ3) is 6.30. The molecule has 4 rings (SSSR count). The van der Waals surface area contributed by atoms with Crippen molar-refractivity contribution in [2.75, 3.05) is 19.7 Å². The van der Waals surface area contributed by atoms with Gasteiger partial charge in [0, 0.05) is 25.2 Å². The lowest BCUT2D eigenvalue weighted by Crippen LogP contribution is -2.68. The number of hydrogen-bond acceptors (Lipinski definition) is 18. The molecule has 234 valence electrons. The van der Waals surface area contributed by atoms with Crippen LogP contribution in [0.25, 0.3) is 0 Å². The van der Waals surface area contributed by atoms with Gasteiger partial charge >= 0.3 is 0 Å². The van der Waals surface area contributed by atoms with Crippen LogP contribution in [0.2, 0.25) is 0 Å². The highest BCUT2D eigenvalue weighted by Gasteiger charge is 2.52. The molecule has 0 radical (unpaired) electrons. The third-order valence-corrected chi connectivity index (χ3v) is 8.00. The van der Waals surface area contributed by atoms with Crippen LogP contribution in [-0.4, -0.2) is 161 Å². The van der Waals surface area contributed by atoms with Crippen molar-refractivity contribution in [2.45, 2.75) is 117 Å². The van der Waals surface area contributed by atoms with Crippen molar-refractivity contribution in [3.05, 3.63) is 0 Å². The maximum atomic E-state index is 10.9. The quantitative estimate of drug-likeness (QED) is 0.126. The summed E-state index contributed by atoms with van der Waals surface area (Å²) in [5.41, 5.74) is 35.6. The molecule has 1 saturated carbocycles. The fourth-order valence-corrected chi connectivity index (χ4v) is 5.43. The van der Waals surface area contributed by atoms with E-state index in [0.29, 0.717) is 0 Å². The van der Waals surface area contributed by atoms with Crippen molar-refractivity contribution >= 4 is 0 Å². The highest BCUT2D eigenvalue weighted by atomic mass is 16.8. The Balaban J connectivity index is 1.44. The highest BCUT2D eigenvalue weighted by Crippen LogP contribution is 2.32. The Morgan fingerprint density at radius 1 is 0.575 bits per heavy atom. The van der Waals surface area contributed by atoms with Crippen molar-refractivity contribution in [3.63, 3.8) is 0 Å². The van der Waals surface area contributed by atoms with Crippen LogP contribution in [-0.2, 0) is 28.4 Å². The molecule has 0 spiro atoms. The molecule has 0 aromatic rings. The van der Waals surface area contributed by atoms with E-state index in [1.165, 1.54) is 0 Å². The van der Waals surface area contributed by atoms with E-state index in [-0.39, 0.29) is 26.1 Å². The van der Waals surface area contributed by atoms with Gasteiger partial charge in [0.15, 0.2) is 18.9 Å². The van der Waals surface area contributed by atoms with Crippen molar-refractivity contribution in [2.24, 2.45) is 34.4 Å². The Hall–Kier alpha value is -0.720. The summed E-state index contributed by atoms with van der Waals surface area (Å²) in [7, 11) is 0. The van der Waals surface area contributed by atoms with Gasteiger partial charge in [-0.1, -0.05) is 0 Å². The van der Waals surface area contributed by atoms with Crippen molar-refractivity contribution in [1.82, 2.24) is 0 Å². The van der Waals surface area contributed by atoms with E-state index in [1.807, 2.05) is 0 Å². The topological polar surface area (TPSA) is 333 Å². The van der Waals surface area contributed by atoms with Crippen LogP contribution in [0.3, 0.4) is 0 Å². The zero-order chi connectivity index (χ0) is 29.5. The van der Waals surface area contributed by atoms with Gasteiger partial charge in [0.2, 0.25) is 0 Å². The van der Waals surface area contributed by atoms with Crippen LogP contribution in [0.4, 0.5) is 0 Å². The van der Waals surface area contributed by atoms with Crippen molar-refractivity contribution < 1.29 is 59.1 Å². The van der Waals surface area contributed by atoms with E-state index >= 15 is 0 Å². The lowest BCUT2D eigenvalue weighted by atomic mass is 9.84. The minimum absolute atomic E-state index is 0.113. The summed E-state index contributed by atoms with van der Waals surface area (Å²) >= 11 is 0. The highest BCUT2D eigenvalue weighted by molar-refractivity contribution is 5.01. The number of hydrogen-bond donors (Lipinski definition) is 12. The Morgan fingerprint density at radius 3 is 1.60 bits per heavy atom. The molecule has 3 saturated heterocycles. The van der Waals surface area contributed by atoms with Crippen molar-refractivity contribution in [3.8, 4) is 0 Å². The summed E-state index contributed by atoms with van der Waals surface area (Å²) < 4.78 is 34.5. The Labute approximate surface area is 230 Å². The molecule has 18 N–H and O–H groups in total. The van der Waals surface area contributed by atoms with Crippen LogP contribution in [0.5, 0.6) is 0 Å². The first kappa shape index (κ1) is 32.2. The summed E-state index contributed by atoms with van der Waals surface area (Å²) in [6, 6.07) is -3.94. The molecule has 0 bridgehead atoms. The smallest absolute Gasteiger partial charge is 0.186 e. The number of ether oxygens (including phenoxy) is 6. The molecule has 3 aliphatic heterocycles. The maximum absolute atomic E-state index is 10.9. The van der Waals surface area contributed by atoms with Crippen LogP contribution in [0.15, 0.2) is 0 Å². The molecule has 18 nitrogen and oxygen atoms in total. The summed E-state index contributed by atoms with van der Waals surface area (Å²) in [4.78, 5) is 0. The van der Waals surface area contributed by atoms with Gasteiger partial charge in [0.25, 0.3) is 0 Å². The zero-order valence-electron chi connectivity index (χ0n) is 21.8. The van der Waals surface area contributed by atoms with E-state index in [1.54, 1.807) is 0 Å². The molecule has 4 fully saturated rings. The third-order valence-electron chi connectivity index (χ3n) is 8.00. The fraction of sp³-hybridized carbons (Fsp3) is 1.00. The second-order valence-electron chi connectivity index (χ2n) is 10.8. The summed E-state index contributed by atoms with van der Waals surface area (Å²) in [6.45, 7) is -0.428. The van der Waals surface area contributed by atoms with E-state index in [9.17, 15) is 30.6 Å². The minimum atomic E-state index is -1.43. The minimum Gasteiger partial charge on any atom is -0.389 e. The van der Waals surface area contributed by atoms with Crippen LogP contribution in [0, 0.1) is 0 Å². The Kier molecular flexibility index (Phi) is 10.7. The predicted molar refractivity (Wildman–Crippen MR) is 132 cm³/mol. The molecule has 9 unspecified atom stereocenters. The maximum Gasteiger partial charge on any atom is 0.186 e. The number of aliphatic hydroxyl groups is 6. The molecule has 4 aliphatic rings. The van der Waals surface area contributed by atoms with Crippen LogP contribution in [0.1, 0.15) is 6.42 Å². The van der Waals surface area contributed by atoms with Crippen molar-refractivity contribution in [1.29, 1.82) is 0 Å². The summed E-state index contributed by atoms with van der Waals surface area (Å²) in [6.07, 6.45) is -17.2. The fourth-order valence-electron chi connectivity index (χ4n) is 5.43. The lowest BCUT2D eigenvalue weighted by Gasteiger charge is -2.47. The largest absolute Gasteiger partial charge is 0.389 e.